The third-order valence-electron chi connectivity index (χ3n) is 2.62. The fraction of sp³-hybridized carbons (Fsp3) is 0.0714. The van der Waals surface area contributed by atoms with E-state index in [-0.39, 0.29) is 21.2 Å². The molecule has 0 aromatic heterocycles. The van der Waals surface area contributed by atoms with Crippen LogP contribution in [-0.4, -0.2) is 12.9 Å². The maximum Gasteiger partial charge on any atom is 0.197 e. The van der Waals surface area contributed by atoms with Crippen molar-refractivity contribution < 1.29 is 13.9 Å². The van der Waals surface area contributed by atoms with Gasteiger partial charge in [0.25, 0.3) is 0 Å². The molecule has 2 aromatic carbocycles. The van der Waals surface area contributed by atoms with Gasteiger partial charge in [0.15, 0.2) is 11.6 Å². The molecule has 0 amide bonds. The third-order valence-corrected chi connectivity index (χ3v) is 3.22. The van der Waals surface area contributed by atoms with Crippen LogP contribution in [0, 0.1) is 5.82 Å². The number of ether oxygens (including phenoxy) is 1. The zero-order valence-corrected chi connectivity index (χ0v) is 11.4. The van der Waals surface area contributed by atoms with Gasteiger partial charge in [0, 0.05) is 5.56 Å². The molecule has 0 atom stereocenters. The van der Waals surface area contributed by atoms with Gasteiger partial charge in [-0.15, -0.1) is 0 Å². The van der Waals surface area contributed by atoms with Crippen LogP contribution in [-0.2, 0) is 0 Å². The number of benzene rings is 2. The average Bonchev–Trinajstić information content (AvgIpc) is 2.41. The Morgan fingerprint density at radius 1 is 1.11 bits per heavy atom. The van der Waals surface area contributed by atoms with E-state index in [1.54, 1.807) is 6.07 Å². The highest BCUT2D eigenvalue weighted by atomic mass is 35.5. The lowest BCUT2D eigenvalue weighted by Gasteiger charge is -2.07. The number of rotatable bonds is 3. The number of ketones is 1. The first kappa shape index (κ1) is 13.8. The highest BCUT2D eigenvalue weighted by molar-refractivity contribution is 6.35. The molecule has 2 rings (SSSR count). The normalized spacial score (nSPS) is 10.3. The van der Waals surface area contributed by atoms with Crippen molar-refractivity contribution in [3.05, 3.63) is 63.4 Å². The van der Waals surface area contributed by atoms with Crippen LogP contribution in [0.4, 0.5) is 4.39 Å². The zero-order valence-electron chi connectivity index (χ0n) is 9.91. The molecule has 0 heterocycles. The Kier molecular flexibility index (Phi) is 4.08. The lowest BCUT2D eigenvalue weighted by Crippen LogP contribution is -2.05. The van der Waals surface area contributed by atoms with Gasteiger partial charge in [0.05, 0.1) is 22.7 Å². The lowest BCUT2D eigenvalue weighted by molar-refractivity contribution is 0.103. The summed E-state index contributed by atoms with van der Waals surface area (Å²) in [6.45, 7) is 0. The van der Waals surface area contributed by atoms with Crippen LogP contribution in [0.5, 0.6) is 5.75 Å². The number of hydrogen-bond donors (Lipinski definition) is 0. The third kappa shape index (κ3) is 2.72. The smallest absolute Gasteiger partial charge is 0.197 e. The molecule has 0 bridgehead atoms. The van der Waals surface area contributed by atoms with Crippen LogP contribution in [0.15, 0.2) is 36.4 Å². The maximum atomic E-state index is 13.8. The van der Waals surface area contributed by atoms with E-state index in [1.807, 2.05) is 0 Å². The highest BCUT2D eigenvalue weighted by Crippen LogP contribution is 2.27. The molecule has 0 spiro atoms. The van der Waals surface area contributed by atoms with Crippen molar-refractivity contribution >= 4 is 29.0 Å². The van der Waals surface area contributed by atoms with E-state index in [2.05, 4.69) is 0 Å². The van der Waals surface area contributed by atoms with Crippen molar-refractivity contribution in [3.63, 3.8) is 0 Å². The van der Waals surface area contributed by atoms with Crippen molar-refractivity contribution in [2.75, 3.05) is 7.11 Å². The molecule has 5 heteroatoms. The quantitative estimate of drug-likeness (QED) is 0.787. The van der Waals surface area contributed by atoms with Crippen molar-refractivity contribution in [3.8, 4) is 5.75 Å². The van der Waals surface area contributed by atoms with Crippen LogP contribution in [0.1, 0.15) is 15.9 Å². The first-order valence-corrected chi connectivity index (χ1v) is 6.12. The van der Waals surface area contributed by atoms with Crippen molar-refractivity contribution in [1.82, 2.24) is 0 Å². The van der Waals surface area contributed by atoms with Gasteiger partial charge < -0.3 is 4.74 Å². The summed E-state index contributed by atoms with van der Waals surface area (Å²) >= 11 is 11.6. The van der Waals surface area contributed by atoms with Crippen molar-refractivity contribution in [1.29, 1.82) is 0 Å². The van der Waals surface area contributed by atoms with Gasteiger partial charge in [0.1, 0.15) is 5.75 Å². The molecule has 0 aliphatic rings. The van der Waals surface area contributed by atoms with Crippen LogP contribution in [0.3, 0.4) is 0 Å². The minimum absolute atomic E-state index is 0.101. The van der Waals surface area contributed by atoms with Crippen molar-refractivity contribution in [2.24, 2.45) is 0 Å². The van der Waals surface area contributed by atoms with Crippen LogP contribution in [0.2, 0.25) is 10.0 Å². The summed E-state index contributed by atoms with van der Waals surface area (Å²) in [6, 6.07) is 8.83. The summed E-state index contributed by atoms with van der Waals surface area (Å²) in [6.07, 6.45) is 0. The Morgan fingerprint density at radius 3 is 2.47 bits per heavy atom. The van der Waals surface area contributed by atoms with E-state index in [0.717, 1.165) is 0 Å². The highest BCUT2D eigenvalue weighted by Gasteiger charge is 2.18. The Hall–Kier alpha value is -1.58. The second kappa shape index (κ2) is 5.59. The molecule has 2 aromatic rings. The first-order valence-electron chi connectivity index (χ1n) is 5.37. The molecule has 0 saturated heterocycles. The van der Waals surface area contributed by atoms with Crippen LogP contribution in [0.25, 0.3) is 0 Å². The minimum atomic E-state index is -0.749. The van der Waals surface area contributed by atoms with E-state index >= 15 is 0 Å². The van der Waals surface area contributed by atoms with Crippen LogP contribution < -0.4 is 4.74 Å². The molecular weight excluding hydrogens is 290 g/mol. The molecular formula is C14H9Cl2FO2. The fourth-order valence-electron chi connectivity index (χ4n) is 1.63. The topological polar surface area (TPSA) is 26.3 Å². The molecule has 0 saturated carbocycles. The maximum absolute atomic E-state index is 13.8. The van der Waals surface area contributed by atoms with Gasteiger partial charge in [-0.25, -0.2) is 4.39 Å². The number of hydrogen-bond acceptors (Lipinski definition) is 2. The summed E-state index contributed by atoms with van der Waals surface area (Å²) in [5, 5.41) is 0.0965. The predicted octanol–water partition coefficient (Wildman–Crippen LogP) is 4.37. The molecule has 0 fully saturated rings. The monoisotopic (exact) mass is 298 g/mol. The molecule has 98 valence electrons. The summed E-state index contributed by atoms with van der Waals surface area (Å²) in [7, 11) is 1.49. The molecule has 0 aliphatic heterocycles. The molecule has 0 N–H and O–H groups in total. The van der Waals surface area contributed by atoms with E-state index in [0.29, 0.717) is 5.75 Å². The SMILES string of the molecule is COc1ccc(C(=O)c2cccc(Cl)c2F)c(Cl)c1. The first-order chi connectivity index (χ1) is 9.04. The number of carbonyl (C=O) groups is 1. The zero-order chi connectivity index (χ0) is 14.0. The molecule has 0 radical (unpaired) electrons. The molecule has 2 nitrogen and oxygen atoms in total. The van der Waals surface area contributed by atoms with E-state index in [4.69, 9.17) is 27.9 Å². The van der Waals surface area contributed by atoms with Gasteiger partial charge in [-0.3, -0.25) is 4.79 Å². The largest absolute Gasteiger partial charge is 0.497 e. The van der Waals surface area contributed by atoms with Gasteiger partial charge in [-0.05, 0) is 30.3 Å². The van der Waals surface area contributed by atoms with Crippen molar-refractivity contribution in [2.45, 2.75) is 0 Å². The van der Waals surface area contributed by atoms with Gasteiger partial charge in [-0.2, -0.15) is 0 Å². The number of carbonyl (C=O) groups excluding carboxylic acids is 1. The van der Waals surface area contributed by atoms with E-state index in [1.165, 1.54) is 37.4 Å². The Morgan fingerprint density at radius 2 is 1.84 bits per heavy atom. The van der Waals surface area contributed by atoms with Gasteiger partial charge >= 0.3 is 0 Å². The second-order valence-corrected chi connectivity index (χ2v) is 4.59. The Bertz CT molecular complexity index is 641. The number of methoxy groups -OCH3 is 1. The number of halogens is 3. The lowest BCUT2D eigenvalue weighted by atomic mass is 10.0. The molecule has 19 heavy (non-hydrogen) atoms. The summed E-state index contributed by atoms with van der Waals surface area (Å²) in [4.78, 5) is 12.2. The summed E-state index contributed by atoms with van der Waals surface area (Å²) < 4.78 is 18.8. The minimum Gasteiger partial charge on any atom is -0.497 e. The molecule has 0 unspecified atom stereocenters. The van der Waals surface area contributed by atoms with E-state index < -0.39 is 11.6 Å². The Labute approximate surface area is 119 Å². The summed E-state index contributed by atoms with van der Waals surface area (Å²) in [5.41, 5.74) is 0.0863. The fourth-order valence-corrected chi connectivity index (χ4v) is 2.06. The second-order valence-electron chi connectivity index (χ2n) is 3.78. The van der Waals surface area contributed by atoms with Crippen LogP contribution >= 0.6 is 23.2 Å². The molecule has 0 aliphatic carbocycles. The Balaban J connectivity index is 2.47. The van der Waals surface area contributed by atoms with Gasteiger partial charge in [0.2, 0.25) is 0 Å². The standard InChI is InChI=1S/C14H9Cl2FO2/c1-19-8-5-6-9(12(16)7-8)14(18)10-3-2-4-11(15)13(10)17/h2-7H,1H3. The summed E-state index contributed by atoms with van der Waals surface area (Å²) in [5.74, 6) is -0.748. The average molecular weight is 299 g/mol. The predicted molar refractivity (Wildman–Crippen MR) is 72.8 cm³/mol. The van der Waals surface area contributed by atoms with E-state index in [9.17, 15) is 9.18 Å². The van der Waals surface area contributed by atoms with Gasteiger partial charge in [-0.1, -0.05) is 29.3 Å².